The van der Waals surface area contributed by atoms with E-state index in [1.807, 2.05) is 0 Å². The summed E-state index contributed by atoms with van der Waals surface area (Å²) in [5.74, 6) is -0.0335. The van der Waals surface area contributed by atoms with Gasteiger partial charge in [-0.3, -0.25) is 10.1 Å². The summed E-state index contributed by atoms with van der Waals surface area (Å²) in [6.07, 6.45) is 2.92. The van der Waals surface area contributed by atoms with Gasteiger partial charge in [-0.2, -0.15) is 5.10 Å². The van der Waals surface area contributed by atoms with Crippen LogP contribution in [0.4, 0.5) is 10.1 Å². The maximum absolute atomic E-state index is 14.1. The molecule has 3 rings (SSSR count). The smallest absolute Gasteiger partial charge is 0.313 e. The molecule has 0 saturated heterocycles. The molecule has 0 N–H and O–H groups in total. The Morgan fingerprint density at radius 1 is 1.30 bits per heavy atom. The number of nitro groups is 1. The number of nitrogens with zero attached hydrogens (tertiary/aromatic N) is 4. The van der Waals surface area contributed by atoms with Crippen LogP contribution in [0.25, 0.3) is 17.1 Å². The zero-order valence-electron chi connectivity index (χ0n) is 12.0. The molecule has 116 valence electrons. The summed E-state index contributed by atoms with van der Waals surface area (Å²) in [6.45, 7) is 0. The Balaban J connectivity index is 2.03. The fourth-order valence-electron chi connectivity index (χ4n) is 2.12. The van der Waals surface area contributed by atoms with Gasteiger partial charge in [-0.25, -0.2) is 14.1 Å². The van der Waals surface area contributed by atoms with Crippen LogP contribution in [0.2, 0.25) is 0 Å². The third-order valence-corrected chi connectivity index (χ3v) is 3.22. The van der Waals surface area contributed by atoms with Crippen molar-refractivity contribution < 1.29 is 14.1 Å². The zero-order valence-corrected chi connectivity index (χ0v) is 12.0. The molecule has 0 radical (unpaired) electrons. The Morgan fingerprint density at radius 3 is 2.83 bits per heavy atom. The molecule has 0 fully saturated rings. The third kappa shape index (κ3) is 2.73. The van der Waals surface area contributed by atoms with Gasteiger partial charge in [0.25, 0.3) is 0 Å². The molecular formula is C15H11FN4O3. The predicted molar refractivity (Wildman–Crippen MR) is 80.0 cm³/mol. The number of hydrogen-bond acceptors (Lipinski definition) is 5. The Labute approximate surface area is 130 Å². The predicted octanol–water partition coefficient (Wildman–Crippen LogP) is 2.99. The first-order chi connectivity index (χ1) is 11.1. The monoisotopic (exact) mass is 314 g/mol. The van der Waals surface area contributed by atoms with Gasteiger partial charge in [0.15, 0.2) is 0 Å². The number of rotatable bonds is 4. The number of methoxy groups -OCH3 is 1. The number of hydrogen-bond donors (Lipinski definition) is 0. The van der Waals surface area contributed by atoms with Crippen molar-refractivity contribution in [2.45, 2.75) is 0 Å². The van der Waals surface area contributed by atoms with E-state index in [-0.39, 0.29) is 17.1 Å². The molecule has 0 atom stereocenters. The number of halogens is 1. The lowest BCUT2D eigenvalue weighted by Gasteiger charge is -2.04. The molecule has 0 aliphatic rings. The molecule has 0 spiro atoms. The maximum atomic E-state index is 14.1. The van der Waals surface area contributed by atoms with Crippen LogP contribution in [0.3, 0.4) is 0 Å². The zero-order chi connectivity index (χ0) is 16.4. The van der Waals surface area contributed by atoms with Crippen LogP contribution in [0.1, 0.15) is 0 Å². The van der Waals surface area contributed by atoms with Gasteiger partial charge in [0.2, 0.25) is 5.82 Å². The van der Waals surface area contributed by atoms with Gasteiger partial charge >= 0.3 is 5.69 Å². The van der Waals surface area contributed by atoms with Crippen LogP contribution in [0.5, 0.6) is 5.75 Å². The van der Waals surface area contributed by atoms with Gasteiger partial charge in [-0.1, -0.05) is 0 Å². The van der Waals surface area contributed by atoms with E-state index in [0.717, 1.165) is 0 Å². The summed E-state index contributed by atoms with van der Waals surface area (Å²) in [4.78, 5) is 14.5. The van der Waals surface area contributed by atoms with Crippen LogP contribution in [-0.4, -0.2) is 26.8 Å². The van der Waals surface area contributed by atoms with Crippen LogP contribution in [0, 0.1) is 15.9 Å². The summed E-state index contributed by atoms with van der Waals surface area (Å²) in [5, 5.41) is 15.2. The summed E-state index contributed by atoms with van der Waals surface area (Å²) in [6, 6.07) is 8.75. The lowest BCUT2D eigenvalue weighted by Crippen LogP contribution is -2.03. The molecule has 7 nitrogen and oxygen atoms in total. The van der Waals surface area contributed by atoms with E-state index in [1.54, 1.807) is 12.1 Å². The molecule has 2 heterocycles. The quantitative estimate of drug-likeness (QED) is 0.546. The van der Waals surface area contributed by atoms with Gasteiger partial charge in [0.05, 0.1) is 17.7 Å². The minimum absolute atomic E-state index is 0.0673. The average molecular weight is 314 g/mol. The number of aromatic nitrogens is 3. The Morgan fingerprint density at radius 2 is 2.13 bits per heavy atom. The summed E-state index contributed by atoms with van der Waals surface area (Å²) < 4.78 is 20.3. The number of benzene rings is 1. The van der Waals surface area contributed by atoms with Crippen molar-refractivity contribution in [3.8, 4) is 22.8 Å². The largest absolute Gasteiger partial charge is 0.497 e. The first-order valence-electron chi connectivity index (χ1n) is 6.59. The standard InChI is InChI=1S/C15H11FN4O3/c1-23-10-4-5-11(12(16)9-10)13-6-8-19(18-13)15-14(20(21)22)3-2-7-17-15/h2-9H,1H3. The van der Waals surface area contributed by atoms with Crippen LogP contribution in [0.15, 0.2) is 48.8 Å². The molecule has 2 aromatic heterocycles. The molecule has 3 aromatic rings. The second kappa shape index (κ2) is 5.84. The molecule has 0 aliphatic heterocycles. The van der Waals surface area contributed by atoms with E-state index < -0.39 is 10.7 Å². The second-order valence-corrected chi connectivity index (χ2v) is 4.59. The molecule has 0 amide bonds. The van der Waals surface area contributed by atoms with E-state index in [4.69, 9.17) is 4.74 Å². The summed E-state index contributed by atoms with van der Waals surface area (Å²) in [7, 11) is 1.45. The molecule has 8 heteroatoms. The van der Waals surface area contributed by atoms with Gasteiger partial charge in [0.1, 0.15) is 11.6 Å². The first kappa shape index (κ1) is 14.6. The van der Waals surface area contributed by atoms with Gasteiger partial charge in [-0.15, -0.1) is 0 Å². The van der Waals surface area contributed by atoms with E-state index in [9.17, 15) is 14.5 Å². The number of ether oxygens (including phenoxy) is 1. The first-order valence-corrected chi connectivity index (χ1v) is 6.59. The summed E-state index contributed by atoms with van der Waals surface area (Å²) >= 11 is 0. The highest BCUT2D eigenvalue weighted by Crippen LogP contribution is 2.26. The highest BCUT2D eigenvalue weighted by atomic mass is 19.1. The lowest BCUT2D eigenvalue weighted by atomic mass is 10.1. The fourth-order valence-corrected chi connectivity index (χ4v) is 2.12. The highest BCUT2D eigenvalue weighted by molar-refractivity contribution is 5.61. The Bertz CT molecular complexity index is 879. The molecule has 0 bridgehead atoms. The van der Waals surface area contributed by atoms with Crippen molar-refractivity contribution in [2.24, 2.45) is 0 Å². The van der Waals surface area contributed by atoms with Gasteiger partial charge < -0.3 is 4.74 Å². The minimum Gasteiger partial charge on any atom is -0.497 e. The van der Waals surface area contributed by atoms with Crippen molar-refractivity contribution in [2.75, 3.05) is 7.11 Å². The number of pyridine rings is 1. The topological polar surface area (TPSA) is 83.1 Å². The molecule has 0 saturated carbocycles. The van der Waals surface area contributed by atoms with Crippen molar-refractivity contribution in [3.05, 3.63) is 64.7 Å². The van der Waals surface area contributed by atoms with E-state index in [0.29, 0.717) is 11.4 Å². The van der Waals surface area contributed by atoms with Crippen molar-refractivity contribution in [3.63, 3.8) is 0 Å². The van der Waals surface area contributed by atoms with Crippen molar-refractivity contribution in [1.82, 2.24) is 14.8 Å². The summed E-state index contributed by atoms with van der Waals surface area (Å²) in [5.41, 5.74) is 0.422. The molecule has 0 unspecified atom stereocenters. The van der Waals surface area contributed by atoms with E-state index in [1.165, 1.54) is 48.5 Å². The Hall–Kier alpha value is -3.29. The highest BCUT2D eigenvalue weighted by Gasteiger charge is 2.18. The van der Waals surface area contributed by atoms with E-state index in [2.05, 4.69) is 10.1 Å². The van der Waals surface area contributed by atoms with Crippen LogP contribution >= 0.6 is 0 Å². The van der Waals surface area contributed by atoms with Crippen LogP contribution in [-0.2, 0) is 0 Å². The maximum Gasteiger partial charge on any atom is 0.313 e. The molecule has 23 heavy (non-hydrogen) atoms. The van der Waals surface area contributed by atoms with E-state index >= 15 is 0 Å². The minimum atomic E-state index is -0.544. The van der Waals surface area contributed by atoms with Gasteiger partial charge in [-0.05, 0) is 24.3 Å². The molecule has 0 aliphatic carbocycles. The average Bonchev–Trinajstić information content (AvgIpc) is 3.04. The normalized spacial score (nSPS) is 10.5. The Kier molecular flexibility index (Phi) is 3.71. The third-order valence-electron chi connectivity index (χ3n) is 3.22. The van der Waals surface area contributed by atoms with Gasteiger partial charge in [0, 0.05) is 30.1 Å². The SMILES string of the molecule is COc1ccc(-c2ccn(-c3ncccc3[N+](=O)[O-])n2)c(F)c1. The fraction of sp³-hybridized carbons (Fsp3) is 0.0667. The van der Waals surface area contributed by atoms with Crippen molar-refractivity contribution >= 4 is 5.69 Å². The van der Waals surface area contributed by atoms with Crippen LogP contribution < -0.4 is 4.74 Å². The molecule has 1 aromatic carbocycles. The lowest BCUT2D eigenvalue weighted by molar-refractivity contribution is -0.384. The van der Waals surface area contributed by atoms with Crippen molar-refractivity contribution in [1.29, 1.82) is 0 Å². The second-order valence-electron chi connectivity index (χ2n) is 4.59. The molecular weight excluding hydrogens is 303 g/mol.